The fourth-order valence-electron chi connectivity index (χ4n) is 1.50. The van der Waals surface area contributed by atoms with Crippen LogP contribution in [0.25, 0.3) is 0 Å². The van der Waals surface area contributed by atoms with Crippen LogP contribution in [-0.2, 0) is 4.74 Å². The van der Waals surface area contributed by atoms with E-state index in [1.165, 1.54) is 19.3 Å². The van der Waals surface area contributed by atoms with Gasteiger partial charge < -0.3 is 10.1 Å². The Morgan fingerprint density at radius 1 is 1.25 bits per heavy atom. The first-order valence-electron chi connectivity index (χ1n) is 5.21. The number of hydrogen-bond donors (Lipinski definition) is 1. The lowest BCUT2D eigenvalue weighted by molar-refractivity contribution is -0.0158. The maximum atomic E-state index is 5.60. The molecule has 2 heteroatoms. The standard InChI is InChI=1S/C10H21NO/c1-3-5-11-9-7-10(8-9)12-6-4-2/h9-11H,3-8H2,1-2H3. The molecule has 0 radical (unpaired) electrons. The Bertz CT molecular complexity index is 98.4. The van der Waals surface area contributed by atoms with Crippen molar-refractivity contribution >= 4 is 0 Å². The molecular weight excluding hydrogens is 150 g/mol. The Hall–Kier alpha value is -0.0800. The minimum Gasteiger partial charge on any atom is -0.378 e. The first-order chi connectivity index (χ1) is 5.86. The molecule has 0 amide bonds. The van der Waals surface area contributed by atoms with E-state index in [-0.39, 0.29) is 0 Å². The van der Waals surface area contributed by atoms with Crippen LogP contribution in [0, 0.1) is 0 Å². The Kier molecular flexibility index (Phi) is 4.62. The van der Waals surface area contributed by atoms with Crippen LogP contribution in [0.3, 0.4) is 0 Å². The molecule has 0 spiro atoms. The van der Waals surface area contributed by atoms with Crippen molar-refractivity contribution in [1.82, 2.24) is 5.32 Å². The summed E-state index contributed by atoms with van der Waals surface area (Å²) in [6.07, 6.45) is 5.37. The predicted octanol–water partition coefficient (Wildman–Crippen LogP) is 1.94. The molecule has 0 saturated heterocycles. The molecular formula is C10H21NO. The molecule has 0 aromatic carbocycles. The zero-order valence-electron chi connectivity index (χ0n) is 8.31. The lowest BCUT2D eigenvalue weighted by atomic mass is 9.89. The molecule has 1 N–H and O–H groups in total. The Labute approximate surface area is 75.7 Å². The largest absolute Gasteiger partial charge is 0.378 e. The normalized spacial score (nSPS) is 28.5. The van der Waals surface area contributed by atoms with E-state index in [0.717, 1.165) is 25.6 Å². The van der Waals surface area contributed by atoms with Gasteiger partial charge in [0.25, 0.3) is 0 Å². The number of hydrogen-bond acceptors (Lipinski definition) is 2. The van der Waals surface area contributed by atoms with Gasteiger partial charge in [0.05, 0.1) is 6.10 Å². The molecule has 72 valence electrons. The third-order valence-corrected chi connectivity index (χ3v) is 2.34. The van der Waals surface area contributed by atoms with E-state index in [4.69, 9.17) is 4.74 Å². The average molecular weight is 171 g/mol. The highest BCUT2D eigenvalue weighted by atomic mass is 16.5. The monoisotopic (exact) mass is 171 g/mol. The zero-order chi connectivity index (χ0) is 8.81. The Morgan fingerprint density at radius 3 is 2.58 bits per heavy atom. The van der Waals surface area contributed by atoms with Gasteiger partial charge in [0.1, 0.15) is 0 Å². The molecule has 0 aromatic rings. The maximum absolute atomic E-state index is 5.60. The average Bonchev–Trinajstić information content (AvgIpc) is 2.01. The van der Waals surface area contributed by atoms with Crippen molar-refractivity contribution in [2.45, 2.75) is 51.7 Å². The second-order valence-corrected chi connectivity index (χ2v) is 3.62. The van der Waals surface area contributed by atoms with Crippen LogP contribution in [0.4, 0.5) is 0 Å². The van der Waals surface area contributed by atoms with Gasteiger partial charge in [-0.25, -0.2) is 0 Å². The van der Waals surface area contributed by atoms with Gasteiger partial charge in [-0.15, -0.1) is 0 Å². The molecule has 0 aliphatic heterocycles. The summed E-state index contributed by atoms with van der Waals surface area (Å²) >= 11 is 0. The van der Waals surface area contributed by atoms with E-state index >= 15 is 0 Å². The smallest absolute Gasteiger partial charge is 0.0604 e. The summed E-state index contributed by atoms with van der Waals surface area (Å²) in [6, 6.07) is 0.742. The van der Waals surface area contributed by atoms with Gasteiger partial charge in [-0.2, -0.15) is 0 Å². The highest BCUT2D eigenvalue weighted by Gasteiger charge is 2.28. The fourth-order valence-corrected chi connectivity index (χ4v) is 1.50. The topological polar surface area (TPSA) is 21.3 Å². The molecule has 1 aliphatic carbocycles. The lowest BCUT2D eigenvalue weighted by Gasteiger charge is -2.35. The summed E-state index contributed by atoms with van der Waals surface area (Å²) in [5.74, 6) is 0. The van der Waals surface area contributed by atoms with E-state index < -0.39 is 0 Å². The molecule has 0 unspecified atom stereocenters. The molecule has 12 heavy (non-hydrogen) atoms. The number of rotatable bonds is 6. The van der Waals surface area contributed by atoms with Gasteiger partial charge in [-0.1, -0.05) is 13.8 Å². The van der Waals surface area contributed by atoms with Crippen LogP contribution in [-0.4, -0.2) is 25.3 Å². The Morgan fingerprint density at radius 2 is 2.00 bits per heavy atom. The molecule has 1 aliphatic rings. The van der Waals surface area contributed by atoms with Gasteiger partial charge in [-0.05, 0) is 32.2 Å². The molecule has 0 bridgehead atoms. The summed E-state index contributed by atoms with van der Waals surface area (Å²) in [4.78, 5) is 0. The number of nitrogens with one attached hydrogen (secondary N) is 1. The van der Waals surface area contributed by atoms with E-state index in [0.29, 0.717) is 6.10 Å². The highest BCUT2D eigenvalue weighted by Crippen LogP contribution is 2.23. The number of ether oxygens (including phenoxy) is 1. The van der Waals surface area contributed by atoms with E-state index in [1.54, 1.807) is 0 Å². The SMILES string of the molecule is CCCNC1CC(OCCC)C1. The second-order valence-electron chi connectivity index (χ2n) is 3.62. The van der Waals surface area contributed by atoms with E-state index in [1.807, 2.05) is 0 Å². The maximum Gasteiger partial charge on any atom is 0.0604 e. The third-order valence-electron chi connectivity index (χ3n) is 2.34. The molecule has 1 fully saturated rings. The van der Waals surface area contributed by atoms with E-state index in [9.17, 15) is 0 Å². The summed E-state index contributed by atoms with van der Waals surface area (Å²) in [5.41, 5.74) is 0. The lowest BCUT2D eigenvalue weighted by Crippen LogP contribution is -2.45. The first kappa shape index (κ1) is 10.0. The van der Waals surface area contributed by atoms with Crippen molar-refractivity contribution in [3.8, 4) is 0 Å². The van der Waals surface area contributed by atoms with Crippen molar-refractivity contribution in [3.05, 3.63) is 0 Å². The van der Waals surface area contributed by atoms with Crippen LogP contribution in [0.15, 0.2) is 0 Å². The van der Waals surface area contributed by atoms with Crippen LogP contribution < -0.4 is 5.32 Å². The summed E-state index contributed by atoms with van der Waals surface area (Å²) in [6.45, 7) is 6.46. The molecule has 2 nitrogen and oxygen atoms in total. The van der Waals surface area contributed by atoms with Gasteiger partial charge in [-0.3, -0.25) is 0 Å². The van der Waals surface area contributed by atoms with Crippen LogP contribution >= 0.6 is 0 Å². The van der Waals surface area contributed by atoms with Gasteiger partial charge >= 0.3 is 0 Å². The molecule has 0 aromatic heterocycles. The van der Waals surface area contributed by atoms with Gasteiger partial charge in [0.2, 0.25) is 0 Å². The highest BCUT2D eigenvalue weighted by molar-refractivity contribution is 4.85. The molecule has 0 atom stereocenters. The summed E-state index contributed by atoms with van der Waals surface area (Å²) in [5, 5.41) is 3.50. The van der Waals surface area contributed by atoms with Crippen LogP contribution in [0.2, 0.25) is 0 Å². The predicted molar refractivity (Wildman–Crippen MR) is 51.3 cm³/mol. The van der Waals surface area contributed by atoms with Crippen molar-refractivity contribution in [3.63, 3.8) is 0 Å². The van der Waals surface area contributed by atoms with E-state index in [2.05, 4.69) is 19.2 Å². The van der Waals surface area contributed by atoms with Crippen molar-refractivity contribution in [2.24, 2.45) is 0 Å². The van der Waals surface area contributed by atoms with Crippen LogP contribution in [0.5, 0.6) is 0 Å². The zero-order valence-corrected chi connectivity index (χ0v) is 8.31. The van der Waals surface area contributed by atoms with Crippen LogP contribution in [0.1, 0.15) is 39.5 Å². The van der Waals surface area contributed by atoms with Crippen molar-refractivity contribution in [1.29, 1.82) is 0 Å². The Balaban J connectivity index is 1.89. The molecule has 1 rings (SSSR count). The minimum atomic E-state index is 0.555. The minimum absolute atomic E-state index is 0.555. The first-order valence-corrected chi connectivity index (χ1v) is 5.21. The fraction of sp³-hybridized carbons (Fsp3) is 1.00. The third kappa shape index (κ3) is 3.11. The van der Waals surface area contributed by atoms with Gasteiger partial charge in [0, 0.05) is 12.6 Å². The van der Waals surface area contributed by atoms with Crippen molar-refractivity contribution < 1.29 is 4.74 Å². The van der Waals surface area contributed by atoms with Crippen molar-refractivity contribution in [2.75, 3.05) is 13.2 Å². The summed E-state index contributed by atoms with van der Waals surface area (Å²) in [7, 11) is 0. The molecule has 0 heterocycles. The molecule has 1 saturated carbocycles. The second kappa shape index (κ2) is 5.55. The quantitative estimate of drug-likeness (QED) is 0.659. The van der Waals surface area contributed by atoms with Gasteiger partial charge in [0.15, 0.2) is 0 Å². The summed E-state index contributed by atoms with van der Waals surface area (Å²) < 4.78 is 5.60.